The summed E-state index contributed by atoms with van der Waals surface area (Å²) in [7, 11) is 0. The summed E-state index contributed by atoms with van der Waals surface area (Å²) in [6.07, 6.45) is 7.81. The summed E-state index contributed by atoms with van der Waals surface area (Å²) in [5.41, 5.74) is 0. The van der Waals surface area contributed by atoms with Crippen LogP contribution in [-0.4, -0.2) is 18.7 Å². The molecule has 1 aromatic rings. The van der Waals surface area contributed by atoms with Crippen molar-refractivity contribution in [2.45, 2.75) is 38.2 Å². The number of carbonyl (C=O) groups is 1. The van der Waals surface area contributed by atoms with Crippen molar-refractivity contribution in [3.05, 3.63) is 41.2 Å². The van der Waals surface area contributed by atoms with E-state index in [1.807, 2.05) is 6.08 Å². The predicted molar refractivity (Wildman–Crippen MR) is 73.8 cm³/mol. The summed E-state index contributed by atoms with van der Waals surface area (Å²) in [5, 5.41) is 0. The number of carbonyl (C=O) groups excluding carboxylic acids is 1. The van der Waals surface area contributed by atoms with Gasteiger partial charge in [0.15, 0.2) is 0 Å². The second-order valence-electron chi connectivity index (χ2n) is 5.29. The summed E-state index contributed by atoms with van der Waals surface area (Å²) in [6, 6.07) is 0. The molecule has 1 aliphatic rings. The van der Waals surface area contributed by atoms with Crippen molar-refractivity contribution in [2.75, 3.05) is 6.61 Å². The zero-order valence-corrected chi connectivity index (χ0v) is 12.6. The third-order valence-corrected chi connectivity index (χ3v) is 3.51. The first-order valence-corrected chi connectivity index (χ1v) is 7.42. The number of allylic oxidation sites excluding steroid dienone is 1. The molecular formula is C16H15F5O3. The van der Waals surface area contributed by atoms with Crippen LogP contribution in [0.15, 0.2) is 12.2 Å². The van der Waals surface area contributed by atoms with Gasteiger partial charge in [0.05, 0.1) is 6.10 Å². The zero-order valence-electron chi connectivity index (χ0n) is 12.6. The molecule has 24 heavy (non-hydrogen) atoms. The fourth-order valence-corrected chi connectivity index (χ4v) is 2.26. The molecule has 0 amide bonds. The molecule has 0 saturated heterocycles. The first-order chi connectivity index (χ1) is 11.4. The molecule has 0 aliphatic heterocycles. The molecule has 132 valence electrons. The van der Waals surface area contributed by atoms with E-state index >= 15 is 0 Å². The van der Waals surface area contributed by atoms with Gasteiger partial charge < -0.3 is 9.47 Å². The van der Waals surface area contributed by atoms with Crippen LogP contribution in [0.1, 0.15) is 32.1 Å². The Hall–Kier alpha value is -1.96. The predicted octanol–water partition coefficient (Wildman–Crippen LogP) is 4.19. The molecule has 0 radical (unpaired) electrons. The number of ether oxygens (including phenoxy) is 2. The fourth-order valence-electron chi connectivity index (χ4n) is 2.26. The highest BCUT2D eigenvalue weighted by molar-refractivity contribution is 5.73. The van der Waals surface area contributed by atoms with Crippen LogP contribution in [0.5, 0.6) is 5.75 Å². The number of benzene rings is 1. The van der Waals surface area contributed by atoms with Crippen LogP contribution >= 0.6 is 0 Å². The van der Waals surface area contributed by atoms with Gasteiger partial charge in [0, 0.05) is 0 Å². The summed E-state index contributed by atoms with van der Waals surface area (Å²) in [6.45, 7) is -0.672. The minimum Gasteiger partial charge on any atom is -0.418 e. The van der Waals surface area contributed by atoms with Crippen molar-refractivity contribution >= 4 is 5.97 Å². The molecule has 0 fully saturated rings. The Balaban J connectivity index is 2.01. The van der Waals surface area contributed by atoms with Gasteiger partial charge in [-0.3, -0.25) is 0 Å². The Bertz CT molecular complexity index is 616. The Morgan fingerprint density at radius 3 is 2.25 bits per heavy atom. The third kappa shape index (κ3) is 4.31. The van der Waals surface area contributed by atoms with E-state index in [1.54, 1.807) is 6.08 Å². The van der Waals surface area contributed by atoms with Gasteiger partial charge in [-0.25, -0.2) is 18.0 Å². The lowest BCUT2D eigenvalue weighted by Crippen LogP contribution is -2.22. The van der Waals surface area contributed by atoms with E-state index in [-0.39, 0.29) is 6.10 Å². The molecule has 1 aliphatic carbocycles. The standard InChI is InChI=1S/C16H15F5O3/c17-11-12(18)14(20)16(15(21)13(11)19)24-10(22)8-23-9-6-4-2-1-3-5-7-9/h4,6,9H,1-3,5,7-8H2. The highest BCUT2D eigenvalue weighted by atomic mass is 19.2. The first-order valence-electron chi connectivity index (χ1n) is 7.42. The number of hydrogen-bond donors (Lipinski definition) is 0. The zero-order chi connectivity index (χ0) is 17.7. The van der Waals surface area contributed by atoms with Gasteiger partial charge in [0.1, 0.15) is 6.61 Å². The van der Waals surface area contributed by atoms with E-state index in [4.69, 9.17) is 4.74 Å². The van der Waals surface area contributed by atoms with Crippen molar-refractivity contribution in [1.82, 2.24) is 0 Å². The minimum atomic E-state index is -2.32. The molecule has 8 heteroatoms. The SMILES string of the molecule is O=C(COC1C=CCCCCC1)Oc1c(F)c(F)c(F)c(F)c1F. The molecule has 0 heterocycles. The Morgan fingerprint density at radius 1 is 0.958 bits per heavy atom. The average Bonchev–Trinajstić information content (AvgIpc) is 2.54. The van der Waals surface area contributed by atoms with Crippen LogP contribution in [-0.2, 0) is 9.53 Å². The minimum absolute atomic E-state index is 0.366. The topological polar surface area (TPSA) is 35.5 Å². The van der Waals surface area contributed by atoms with Gasteiger partial charge in [0.25, 0.3) is 0 Å². The van der Waals surface area contributed by atoms with E-state index in [0.29, 0.717) is 6.42 Å². The highest BCUT2D eigenvalue weighted by Gasteiger charge is 2.28. The Kier molecular flexibility index (Phi) is 6.30. The molecule has 0 bridgehead atoms. The van der Waals surface area contributed by atoms with Gasteiger partial charge in [-0.15, -0.1) is 0 Å². The average molecular weight is 350 g/mol. The van der Waals surface area contributed by atoms with Crippen LogP contribution in [0.4, 0.5) is 22.0 Å². The third-order valence-electron chi connectivity index (χ3n) is 3.51. The lowest BCUT2D eigenvalue weighted by atomic mass is 10.0. The quantitative estimate of drug-likeness (QED) is 0.204. The van der Waals surface area contributed by atoms with Gasteiger partial charge in [-0.1, -0.05) is 25.0 Å². The van der Waals surface area contributed by atoms with Crippen LogP contribution in [0.3, 0.4) is 0 Å². The maximum absolute atomic E-state index is 13.4. The van der Waals surface area contributed by atoms with Crippen LogP contribution in [0.25, 0.3) is 0 Å². The van der Waals surface area contributed by atoms with Crippen LogP contribution < -0.4 is 4.74 Å². The van der Waals surface area contributed by atoms with E-state index in [9.17, 15) is 26.7 Å². The normalized spacial score (nSPS) is 18.1. The lowest BCUT2D eigenvalue weighted by Gasteiger charge is -2.16. The van der Waals surface area contributed by atoms with Crippen molar-refractivity contribution in [3.63, 3.8) is 0 Å². The monoisotopic (exact) mass is 350 g/mol. The van der Waals surface area contributed by atoms with E-state index in [2.05, 4.69) is 4.74 Å². The van der Waals surface area contributed by atoms with E-state index in [1.165, 1.54) is 0 Å². The molecule has 1 atom stereocenters. The van der Waals surface area contributed by atoms with Gasteiger partial charge in [-0.2, -0.15) is 8.78 Å². The summed E-state index contributed by atoms with van der Waals surface area (Å²) in [5.74, 6) is -14.0. The molecule has 1 unspecified atom stereocenters. The number of halogens is 5. The van der Waals surface area contributed by atoms with Crippen molar-refractivity contribution < 1.29 is 36.2 Å². The maximum atomic E-state index is 13.4. The Morgan fingerprint density at radius 2 is 1.58 bits per heavy atom. The van der Waals surface area contributed by atoms with Gasteiger partial charge >= 0.3 is 5.97 Å². The van der Waals surface area contributed by atoms with Gasteiger partial charge in [-0.05, 0) is 19.3 Å². The smallest absolute Gasteiger partial charge is 0.337 e. The molecule has 3 nitrogen and oxygen atoms in total. The van der Waals surface area contributed by atoms with Crippen molar-refractivity contribution in [2.24, 2.45) is 0 Å². The summed E-state index contributed by atoms with van der Waals surface area (Å²) < 4.78 is 75.3. The van der Waals surface area contributed by atoms with Crippen LogP contribution in [0, 0.1) is 29.1 Å². The molecular weight excluding hydrogens is 335 g/mol. The van der Waals surface area contributed by atoms with Crippen LogP contribution in [0.2, 0.25) is 0 Å². The lowest BCUT2D eigenvalue weighted by molar-refractivity contribution is -0.141. The second-order valence-corrected chi connectivity index (χ2v) is 5.29. The van der Waals surface area contributed by atoms with Crippen molar-refractivity contribution in [1.29, 1.82) is 0 Å². The molecule has 1 aromatic carbocycles. The second kappa shape index (κ2) is 8.23. The molecule has 2 rings (SSSR count). The first kappa shape index (κ1) is 18.4. The molecule has 0 spiro atoms. The van der Waals surface area contributed by atoms with E-state index in [0.717, 1.165) is 25.7 Å². The number of esters is 1. The number of hydrogen-bond acceptors (Lipinski definition) is 3. The van der Waals surface area contributed by atoms with E-state index < -0.39 is 47.4 Å². The van der Waals surface area contributed by atoms with Crippen molar-refractivity contribution in [3.8, 4) is 5.75 Å². The summed E-state index contributed by atoms with van der Waals surface area (Å²) >= 11 is 0. The molecule has 0 saturated carbocycles. The largest absolute Gasteiger partial charge is 0.418 e. The fraction of sp³-hybridized carbons (Fsp3) is 0.438. The molecule has 0 aromatic heterocycles. The maximum Gasteiger partial charge on any atom is 0.337 e. The number of rotatable bonds is 4. The Labute approximate surface area is 135 Å². The summed E-state index contributed by atoms with van der Waals surface area (Å²) in [4.78, 5) is 11.6. The highest BCUT2D eigenvalue weighted by Crippen LogP contribution is 2.29. The molecule has 0 N–H and O–H groups in total. The van der Waals surface area contributed by atoms with Gasteiger partial charge in [0.2, 0.25) is 34.8 Å².